The summed E-state index contributed by atoms with van der Waals surface area (Å²) in [6, 6.07) is 8.21. The molecule has 104 valence electrons. The van der Waals surface area contributed by atoms with Crippen molar-refractivity contribution in [3.63, 3.8) is 0 Å². The first-order chi connectivity index (χ1) is 10.4. The van der Waals surface area contributed by atoms with Crippen molar-refractivity contribution in [2.45, 2.75) is 11.5 Å². The summed E-state index contributed by atoms with van der Waals surface area (Å²) >= 11 is 1.88. The molecule has 0 amide bonds. The molecule has 3 heterocycles. The van der Waals surface area contributed by atoms with E-state index in [1.807, 2.05) is 43.3 Å². The lowest BCUT2D eigenvalue weighted by molar-refractivity contribution is 1.07. The van der Waals surface area contributed by atoms with Crippen molar-refractivity contribution in [1.82, 2.24) is 15.0 Å². The van der Waals surface area contributed by atoms with E-state index in [9.17, 15) is 0 Å². The molecule has 5 heteroatoms. The molecule has 0 saturated carbocycles. The van der Waals surface area contributed by atoms with Crippen molar-refractivity contribution in [1.29, 1.82) is 0 Å². The van der Waals surface area contributed by atoms with E-state index in [1.54, 1.807) is 0 Å². The maximum Gasteiger partial charge on any atom is 0.163 e. The van der Waals surface area contributed by atoms with E-state index < -0.39 is 0 Å². The second kappa shape index (κ2) is 5.00. The Morgan fingerprint density at radius 2 is 2.00 bits per heavy atom. The highest BCUT2D eigenvalue weighted by molar-refractivity contribution is 7.98. The molecule has 0 bridgehead atoms. The Balaban J connectivity index is 1.97. The van der Waals surface area contributed by atoms with Gasteiger partial charge in [-0.05, 0) is 5.39 Å². The van der Waals surface area contributed by atoms with Crippen LogP contribution in [0.4, 0.5) is 5.82 Å². The number of benzene rings is 1. The van der Waals surface area contributed by atoms with Gasteiger partial charge in [-0.3, -0.25) is 4.98 Å². The Morgan fingerprint density at radius 1 is 1.10 bits per heavy atom. The van der Waals surface area contributed by atoms with Crippen LogP contribution < -0.4 is 5.32 Å². The second-order valence-corrected chi connectivity index (χ2v) is 5.96. The minimum atomic E-state index is 0.755. The van der Waals surface area contributed by atoms with Crippen molar-refractivity contribution in [2.24, 2.45) is 0 Å². The molecular weight excluding hydrogens is 280 g/mol. The Labute approximate surface area is 127 Å². The van der Waals surface area contributed by atoms with E-state index in [2.05, 4.69) is 22.4 Å². The molecule has 1 N–H and O–H groups in total. The topological polar surface area (TPSA) is 50.7 Å². The van der Waals surface area contributed by atoms with Crippen LogP contribution in [0.3, 0.4) is 0 Å². The zero-order valence-corrected chi connectivity index (χ0v) is 12.4. The maximum atomic E-state index is 4.77. The predicted octanol–water partition coefficient (Wildman–Crippen LogP) is 3.48. The maximum absolute atomic E-state index is 4.77. The fourth-order valence-corrected chi connectivity index (χ4v) is 3.71. The third-order valence-corrected chi connectivity index (χ3v) is 4.69. The molecule has 1 aliphatic heterocycles. The van der Waals surface area contributed by atoms with Crippen LogP contribution >= 0.6 is 11.8 Å². The summed E-state index contributed by atoms with van der Waals surface area (Å²) in [4.78, 5) is 13.8. The number of nitrogens with zero attached hydrogens (tertiary/aromatic N) is 3. The molecule has 0 fully saturated rings. The first kappa shape index (κ1) is 12.6. The van der Waals surface area contributed by atoms with E-state index in [4.69, 9.17) is 9.97 Å². The summed E-state index contributed by atoms with van der Waals surface area (Å²) in [5, 5.41) is 5.45. The third kappa shape index (κ3) is 2.05. The number of hydrogen-bond donors (Lipinski definition) is 1. The van der Waals surface area contributed by atoms with Gasteiger partial charge < -0.3 is 5.32 Å². The zero-order valence-electron chi connectivity index (χ0n) is 11.6. The van der Waals surface area contributed by atoms with E-state index in [0.29, 0.717) is 0 Å². The van der Waals surface area contributed by atoms with Crippen LogP contribution in [-0.4, -0.2) is 22.0 Å². The highest BCUT2D eigenvalue weighted by atomic mass is 32.2. The lowest BCUT2D eigenvalue weighted by atomic mass is 10.1. The number of thioether (sulfide) groups is 1. The average molecular weight is 294 g/mol. The number of fused-ring (bicyclic) bond motifs is 2. The summed E-state index contributed by atoms with van der Waals surface area (Å²) in [5.41, 5.74) is 3.37. The summed E-state index contributed by atoms with van der Waals surface area (Å²) in [7, 11) is 1.91. The monoisotopic (exact) mass is 294 g/mol. The number of nitrogens with one attached hydrogen (secondary N) is 1. The summed E-state index contributed by atoms with van der Waals surface area (Å²) < 4.78 is 0. The fourth-order valence-electron chi connectivity index (χ4n) is 2.67. The van der Waals surface area contributed by atoms with E-state index in [1.165, 1.54) is 5.56 Å². The molecule has 4 nitrogen and oxygen atoms in total. The van der Waals surface area contributed by atoms with Crippen LogP contribution in [-0.2, 0) is 11.5 Å². The normalized spacial score (nSPS) is 13.4. The van der Waals surface area contributed by atoms with Gasteiger partial charge in [-0.2, -0.15) is 11.8 Å². The Bertz CT molecular complexity index is 826. The van der Waals surface area contributed by atoms with Crippen LogP contribution in [0.15, 0.2) is 36.7 Å². The van der Waals surface area contributed by atoms with Crippen molar-refractivity contribution in [3.8, 4) is 11.4 Å². The van der Waals surface area contributed by atoms with Gasteiger partial charge in [0.15, 0.2) is 5.82 Å². The van der Waals surface area contributed by atoms with Crippen LogP contribution in [0, 0.1) is 0 Å². The van der Waals surface area contributed by atoms with Crippen LogP contribution in [0.2, 0.25) is 0 Å². The van der Waals surface area contributed by atoms with E-state index in [-0.39, 0.29) is 0 Å². The molecule has 0 saturated heterocycles. The molecular formula is C16H14N4S. The number of aromatic nitrogens is 3. The molecule has 4 rings (SSSR count). The number of hydrogen-bond acceptors (Lipinski definition) is 5. The molecule has 3 aromatic rings. The lowest BCUT2D eigenvalue weighted by Gasteiger charge is -2.10. The highest BCUT2D eigenvalue weighted by Crippen LogP contribution is 2.35. The van der Waals surface area contributed by atoms with Gasteiger partial charge in [-0.25, -0.2) is 9.97 Å². The van der Waals surface area contributed by atoms with Gasteiger partial charge in [0, 0.05) is 47.5 Å². The smallest absolute Gasteiger partial charge is 0.163 e. The van der Waals surface area contributed by atoms with E-state index >= 15 is 0 Å². The van der Waals surface area contributed by atoms with Gasteiger partial charge in [0.25, 0.3) is 0 Å². The Hall–Kier alpha value is -2.14. The molecule has 1 aromatic carbocycles. The Morgan fingerprint density at radius 3 is 2.90 bits per heavy atom. The standard InChI is InChI=1S/C16H14N4S/c1-17-15-13-8-21-9-14(13)19-16(20-15)12-7-18-6-10-4-2-3-5-11(10)12/h2-7H,8-9H2,1H3,(H,17,19,20). The quantitative estimate of drug-likeness (QED) is 0.784. The number of rotatable bonds is 2. The molecule has 21 heavy (non-hydrogen) atoms. The SMILES string of the molecule is CNc1nc(-c2cncc3ccccc23)nc2c1CSC2. The molecule has 2 aromatic heterocycles. The van der Waals surface area contributed by atoms with Gasteiger partial charge in [-0.1, -0.05) is 24.3 Å². The molecule has 0 atom stereocenters. The van der Waals surface area contributed by atoms with Gasteiger partial charge in [0.2, 0.25) is 0 Å². The predicted molar refractivity (Wildman–Crippen MR) is 87.3 cm³/mol. The van der Waals surface area contributed by atoms with Crippen molar-refractivity contribution >= 4 is 28.4 Å². The van der Waals surface area contributed by atoms with Crippen LogP contribution in [0.1, 0.15) is 11.3 Å². The number of anilines is 1. The minimum Gasteiger partial charge on any atom is -0.373 e. The molecule has 0 aliphatic carbocycles. The summed E-state index contributed by atoms with van der Waals surface area (Å²) in [6.07, 6.45) is 3.73. The van der Waals surface area contributed by atoms with Crippen LogP contribution in [0.5, 0.6) is 0 Å². The largest absolute Gasteiger partial charge is 0.373 e. The minimum absolute atomic E-state index is 0.755. The van der Waals surface area contributed by atoms with Crippen LogP contribution in [0.25, 0.3) is 22.2 Å². The molecule has 0 spiro atoms. The number of pyridine rings is 1. The lowest BCUT2D eigenvalue weighted by Crippen LogP contribution is -2.03. The van der Waals surface area contributed by atoms with Gasteiger partial charge in [0.05, 0.1) is 5.69 Å². The summed E-state index contributed by atoms with van der Waals surface area (Å²) in [6.45, 7) is 0. The Kier molecular flexibility index (Phi) is 3.00. The highest BCUT2D eigenvalue weighted by Gasteiger charge is 2.20. The van der Waals surface area contributed by atoms with Crippen molar-refractivity contribution in [3.05, 3.63) is 47.9 Å². The van der Waals surface area contributed by atoms with Gasteiger partial charge >= 0.3 is 0 Å². The van der Waals surface area contributed by atoms with Gasteiger partial charge in [0.1, 0.15) is 5.82 Å². The third-order valence-electron chi connectivity index (χ3n) is 3.72. The molecule has 0 unspecified atom stereocenters. The average Bonchev–Trinajstić information content (AvgIpc) is 3.02. The van der Waals surface area contributed by atoms with Crippen molar-refractivity contribution < 1.29 is 0 Å². The van der Waals surface area contributed by atoms with E-state index in [0.717, 1.165) is 45.2 Å². The zero-order chi connectivity index (χ0) is 14.2. The van der Waals surface area contributed by atoms with Gasteiger partial charge in [-0.15, -0.1) is 0 Å². The fraction of sp³-hybridized carbons (Fsp3) is 0.188. The second-order valence-electron chi connectivity index (χ2n) is 4.97. The first-order valence-electron chi connectivity index (χ1n) is 6.85. The van der Waals surface area contributed by atoms with Crippen molar-refractivity contribution in [2.75, 3.05) is 12.4 Å². The molecule has 1 aliphatic rings. The summed E-state index contributed by atoms with van der Waals surface area (Å²) in [5.74, 6) is 3.63. The molecule has 0 radical (unpaired) electrons. The first-order valence-corrected chi connectivity index (χ1v) is 8.00.